The van der Waals surface area contributed by atoms with Gasteiger partial charge in [0.05, 0.1) is 6.54 Å². The van der Waals surface area contributed by atoms with E-state index < -0.39 is 11.2 Å². The molecule has 0 radical (unpaired) electrons. The van der Waals surface area contributed by atoms with Gasteiger partial charge in [-0.2, -0.15) is 0 Å². The van der Waals surface area contributed by atoms with Gasteiger partial charge in [-0.25, -0.2) is 4.79 Å². The minimum Gasteiger partial charge on any atom is -0.383 e. The van der Waals surface area contributed by atoms with Crippen LogP contribution >= 0.6 is 0 Å². The molecule has 6 heteroatoms. The van der Waals surface area contributed by atoms with Crippen molar-refractivity contribution in [1.29, 1.82) is 0 Å². The second kappa shape index (κ2) is 5.47. The average molecular weight is 288 g/mol. The molecule has 1 aromatic carbocycles. The minimum absolute atomic E-state index is 0.141. The first-order chi connectivity index (χ1) is 9.78. The Kier molecular flexibility index (Phi) is 3.88. The van der Waals surface area contributed by atoms with Crippen LogP contribution in [-0.4, -0.2) is 15.1 Å². The lowest BCUT2D eigenvalue weighted by Crippen LogP contribution is -2.38. The Bertz CT molecular complexity index is 739. The van der Waals surface area contributed by atoms with Crippen molar-refractivity contribution < 1.29 is 0 Å². The van der Waals surface area contributed by atoms with E-state index in [4.69, 9.17) is 5.73 Å². The van der Waals surface area contributed by atoms with Crippen LogP contribution in [0.1, 0.15) is 26.3 Å². The van der Waals surface area contributed by atoms with E-state index in [1.54, 1.807) is 0 Å². The molecule has 0 atom stereocenters. The summed E-state index contributed by atoms with van der Waals surface area (Å²) in [6, 6.07) is 9.46. The maximum atomic E-state index is 12.0. The van der Waals surface area contributed by atoms with Gasteiger partial charge in [0, 0.05) is 5.54 Å². The van der Waals surface area contributed by atoms with Gasteiger partial charge in [0.1, 0.15) is 11.5 Å². The van der Waals surface area contributed by atoms with Gasteiger partial charge in [-0.3, -0.25) is 14.3 Å². The monoisotopic (exact) mass is 288 g/mol. The SMILES string of the molecule is CC(C)(C)Nc1c(N)n(Cc2ccccc2)c(=O)[nH]c1=O. The van der Waals surface area contributed by atoms with Gasteiger partial charge in [0.25, 0.3) is 5.56 Å². The van der Waals surface area contributed by atoms with Crippen LogP contribution in [0.2, 0.25) is 0 Å². The van der Waals surface area contributed by atoms with Gasteiger partial charge >= 0.3 is 5.69 Å². The molecule has 0 saturated carbocycles. The van der Waals surface area contributed by atoms with Crippen molar-refractivity contribution >= 4 is 11.5 Å². The number of anilines is 2. The highest BCUT2D eigenvalue weighted by molar-refractivity contribution is 5.61. The molecule has 0 saturated heterocycles. The van der Waals surface area contributed by atoms with Crippen LogP contribution in [0, 0.1) is 0 Å². The van der Waals surface area contributed by atoms with Gasteiger partial charge in [0.15, 0.2) is 0 Å². The molecule has 2 rings (SSSR count). The maximum Gasteiger partial charge on any atom is 0.330 e. The van der Waals surface area contributed by atoms with Crippen LogP contribution in [0.25, 0.3) is 0 Å². The molecular weight excluding hydrogens is 268 g/mol. The molecule has 0 aliphatic carbocycles. The molecule has 4 N–H and O–H groups in total. The van der Waals surface area contributed by atoms with Crippen molar-refractivity contribution in [3.05, 3.63) is 56.7 Å². The Morgan fingerprint density at radius 2 is 1.81 bits per heavy atom. The zero-order valence-electron chi connectivity index (χ0n) is 12.4. The molecule has 0 fully saturated rings. The first-order valence-corrected chi connectivity index (χ1v) is 6.72. The number of hydrogen-bond acceptors (Lipinski definition) is 4. The van der Waals surface area contributed by atoms with Crippen LogP contribution in [-0.2, 0) is 6.54 Å². The quantitative estimate of drug-likeness (QED) is 0.795. The highest BCUT2D eigenvalue weighted by Gasteiger charge is 2.17. The predicted octanol–water partition coefficient (Wildman–Crippen LogP) is 1.38. The molecule has 0 aliphatic rings. The van der Waals surface area contributed by atoms with Crippen molar-refractivity contribution in [3.63, 3.8) is 0 Å². The lowest BCUT2D eigenvalue weighted by atomic mass is 10.1. The molecule has 6 nitrogen and oxygen atoms in total. The molecule has 112 valence electrons. The van der Waals surface area contributed by atoms with E-state index >= 15 is 0 Å². The van der Waals surface area contributed by atoms with Crippen LogP contribution < -0.4 is 22.3 Å². The van der Waals surface area contributed by atoms with Gasteiger partial charge in [-0.15, -0.1) is 0 Å². The minimum atomic E-state index is -0.513. The Balaban J connectivity index is 2.49. The van der Waals surface area contributed by atoms with Crippen LogP contribution in [0.15, 0.2) is 39.9 Å². The molecule has 1 heterocycles. The molecule has 0 unspecified atom stereocenters. The summed E-state index contributed by atoms with van der Waals surface area (Å²) < 4.78 is 1.35. The van der Waals surface area contributed by atoms with Crippen LogP contribution in [0.5, 0.6) is 0 Å². The van der Waals surface area contributed by atoms with Crippen LogP contribution in [0.3, 0.4) is 0 Å². The Morgan fingerprint density at radius 1 is 1.19 bits per heavy atom. The third-order valence-corrected chi connectivity index (χ3v) is 2.92. The van der Waals surface area contributed by atoms with E-state index in [1.165, 1.54) is 4.57 Å². The normalized spacial score (nSPS) is 11.4. The summed E-state index contributed by atoms with van der Waals surface area (Å²) in [5.74, 6) is 0.141. The number of benzene rings is 1. The van der Waals surface area contributed by atoms with Gasteiger partial charge < -0.3 is 11.1 Å². The number of nitrogen functional groups attached to an aromatic ring is 1. The van der Waals surface area contributed by atoms with Crippen molar-refractivity contribution in [2.75, 3.05) is 11.1 Å². The Morgan fingerprint density at radius 3 is 2.38 bits per heavy atom. The molecule has 2 aromatic rings. The fraction of sp³-hybridized carbons (Fsp3) is 0.333. The largest absolute Gasteiger partial charge is 0.383 e. The number of hydrogen-bond donors (Lipinski definition) is 3. The fourth-order valence-corrected chi connectivity index (χ4v) is 2.01. The Labute approximate surface area is 122 Å². The summed E-state index contributed by atoms with van der Waals surface area (Å²) in [6.45, 7) is 6.05. The third-order valence-electron chi connectivity index (χ3n) is 2.92. The first kappa shape index (κ1) is 14.9. The van der Waals surface area contributed by atoms with E-state index in [2.05, 4.69) is 10.3 Å². The lowest BCUT2D eigenvalue weighted by molar-refractivity contribution is 0.628. The number of nitrogens with zero attached hydrogens (tertiary/aromatic N) is 1. The van der Waals surface area contributed by atoms with Crippen molar-refractivity contribution in [3.8, 4) is 0 Å². The molecular formula is C15H20N4O2. The smallest absolute Gasteiger partial charge is 0.330 e. The third kappa shape index (κ3) is 3.53. The first-order valence-electron chi connectivity index (χ1n) is 6.72. The van der Waals surface area contributed by atoms with Gasteiger partial charge in [-0.1, -0.05) is 30.3 Å². The molecule has 0 aliphatic heterocycles. The van der Waals surface area contributed by atoms with Gasteiger partial charge in [0.2, 0.25) is 0 Å². The second-order valence-corrected chi connectivity index (χ2v) is 5.97. The number of H-pyrrole nitrogens is 1. The van der Waals surface area contributed by atoms with E-state index in [-0.39, 0.29) is 17.0 Å². The highest BCUT2D eigenvalue weighted by atomic mass is 16.2. The summed E-state index contributed by atoms with van der Waals surface area (Å²) in [4.78, 5) is 26.2. The topological polar surface area (TPSA) is 92.9 Å². The van der Waals surface area contributed by atoms with Crippen molar-refractivity contribution in [2.45, 2.75) is 32.9 Å². The molecule has 0 spiro atoms. The second-order valence-electron chi connectivity index (χ2n) is 5.97. The number of nitrogens with one attached hydrogen (secondary N) is 2. The predicted molar refractivity (Wildman–Crippen MR) is 84.7 cm³/mol. The summed E-state index contributed by atoms with van der Waals surface area (Å²) in [7, 11) is 0. The average Bonchev–Trinajstić information content (AvgIpc) is 2.40. The molecule has 0 amide bonds. The number of rotatable bonds is 3. The van der Waals surface area contributed by atoms with E-state index in [9.17, 15) is 9.59 Å². The van der Waals surface area contributed by atoms with E-state index in [0.717, 1.165) is 5.56 Å². The zero-order valence-corrected chi connectivity index (χ0v) is 12.4. The standard InChI is InChI=1S/C15H20N4O2/c1-15(2,3)18-11-12(16)19(14(21)17-13(11)20)9-10-7-5-4-6-8-10/h4-8,18H,9,16H2,1-3H3,(H,17,20,21). The van der Waals surface area contributed by atoms with Gasteiger partial charge in [-0.05, 0) is 26.3 Å². The summed E-state index contributed by atoms with van der Waals surface area (Å²) >= 11 is 0. The number of aromatic amines is 1. The summed E-state index contributed by atoms with van der Waals surface area (Å²) in [6.07, 6.45) is 0. The fourth-order valence-electron chi connectivity index (χ4n) is 2.01. The van der Waals surface area contributed by atoms with Crippen LogP contribution in [0.4, 0.5) is 11.5 Å². The summed E-state index contributed by atoms with van der Waals surface area (Å²) in [5.41, 5.74) is 5.82. The highest BCUT2D eigenvalue weighted by Crippen LogP contribution is 2.17. The number of nitrogens with two attached hydrogens (primary N) is 1. The summed E-state index contributed by atoms with van der Waals surface area (Å²) in [5, 5.41) is 3.04. The molecule has 0 bridgehead atoms. The van der Waals surface area contributed by atoms with Crippen molar-refractivity contribution in [1.82, 2.24) is 9.55 Å². The zero-order chi connectivity index (χ0) is 15.6. The maximum absolute atomic E-state index is 12.0. The van der Waals surface area contributed by atoms with E-state index in [1.807, 2.05) is 51.1 Å². The molecule has 21 heavy (non-hydrogen) atoms. The van der Waals surface area contributed by atoms with E-state index in [0.29, 0.717) is 6.54 Å². The molecule has 1 aromatic heterocycles. The number of aromatic nitrogens is 2. The van der Waals surface area contributed by atoms with Crippen molar-refractivity contribution in [2.24, 2.45) is 0 Å². The lowest BCUT2D eigenvalue weighted by Gasteiger charge is -2.23. The Hall–Kier alpha value is -2.50.